The highest BCUT2D eigenvalue weighted by Gasteiger charge is 2.03. The first-order valence-electron chi connectivity index (χ1n) is 4.70. The van der Waals surface area contributed by atoms with E-state index in [0.717, 1.165) is 11.3 Å². The summed E-state index contributed by atoms with van der Waals surface area (Å²) in [6.07, 6.45) is 0.639. The van der Waals surface area contributed by atoms with Crippen LogP contribution in [0, 0.1) is 0 Å². The zero-order valence-corrected chi connectivity index (χ0v) is 9.24. The van der Waals surface area contributed by atoms with Crippen LogP contribution in [-0.2, 0) is 6.42 Å². The number of ether oxygens (including phenoxy) is 1. The van der Waals surface area contributed by atoms with E-state index in [1.807, 2.05) is 19.1 Å². The molecule has 0 heterocycles. The summed E-state index contributed by atoms with van der Waals surface area (Å²) in [4.78, 5) is 2.70. The fraction of sp³-hybridized carbons (Fsp3) is 0.400. The first-order chi connectivity index (χ1) is 7.27. The molecular formula is C10H12ClN3O. The molecule has 0 aliphatic heterocycles. The van der Waals surface area contributed by atoms with E-state index in [9.17, 15) is 0 Å². The van der Waals surface area contributed by atoms with Crippen LogP contribution in [0.4, 0.5) is 0 Å². The Hall–Kier alpha value is -1.38. The molecule has 0 aromatic heterocycles. The summed E-state index contributed by atoms with van der Waals surface area (Å²) in [7, 11) is 0. The van der Waals surface area contributed by atoms with Gasteiger partial charge in [-0.2, -0.15) is 0 Å². The lowest BCUT2D eigenvalue weighted by Crippen LogP contribution is -1.98. The van der Waals surface area contributed by atoms with Gasteiger partial charge in [0.1, 0.15) is 5.75 Å². The SMILES string of the molecule is CCOc1ccc(Cl)cc1CCN=[N+]=[N-]. The van der Waals surface area contributed by atoms with Crippen molar-refractivity contribution < 1.29 is 4.74 Å². The van der Waals surface area contributed by atoms with Crippen LogP contribution >= 0.6 is 11.6 Å². The van der Waals surface area contributed by atoms with Crippen LogP contribution in [0.3, 0.4) is 0 Å². The van der Waals surface area contributed by atoms with Crippen LogP contribution in [0.5, 0.6) is 5.75 Å². The van der Waals surface area contributed by atoms with Gasteiger partial charge in [-0.25, -0.2) is 0 Å². The number of rotatable bonds is 5. The van der Waals surface area contributed by atoms with E-state index < -0.39 is 0 Å². The molecule has 4 nitrogen and oxygen atoms in total. The van der Waals surface area contributed by atoms with Crippen molar-refractivity contribution in [3.05, 3.63) is 39.2 Å². The summed E-state index contributed by atoms with van der Waals surface area (Å²) in [5.41, 5.74) is 9.14. The second-order valence-electron chi connectivity index (χ2n) is 2.89. The molecule has 0 amide bonds. The molecule has 0 N–H and O–H groups in total. The molecular weight excluding hydrogens is 214 g/mol. The fourth-order valence-corrected chi connectivity index (χ4v) is 1.45. The third-order valence-electron chi connectivity index (χ3n) is 1.87. The van der Waals surface area contributed by atoms with E-state index in [4.69, 9.17) is 21.9 Å². The van der Waals surface area contributed by atoms with Gasteiger partial charge in [0.2, 0.25) is 0 Å². The molecule has 0 radical (unpaired) electrons. The zero-order chi connectivity index (χ0) is 11.1. The average Bonchev–Trinajstić information content (AvgIpc) is 2.22. The third kappa shape index (κ3) is 3.70. The summed E-state index contributed by atoms with van der Waals surface area (Å²) >= 11 is 5.87. The Morgan fingerprint density at radius 3 is 3.00 bits per heavy atom. The number of benzene rings is 1. The maximum atomic E-state index is 8.17. The molecule has 0 aliphatic carbocycles. The lowest BCUT2D eigenvalue weighted by atomic mass is 10.1. The van der Waals surface area contributed by atoms with E-state index in [1.54, 1.807) is 6.07 Å². The normalized spacial score (nSPS) is 9.47. The van der Waals surface area contributed by atoms with E-state index in [0.29, 0.717) is 24.6 Å². The molecule has 80 valence electrons. The fourth-order valence-electron chi connectivity index (χ4n) is 1.25. The van der Waals surface area contributed by atoms with Crippen molar-refractivity contribution in [1.29, 1.82) is 0 Å². The lowest BCUT2D eigenvalue weighted by molar-refractivity contribution is 0.336. The minimum absolute atomic E-state index is 0.414. The van der Waals surface area contributed by atoms with E-state index in [-0.39, 0.29) is 0 Å². The Morgan fingerprint density at radius 1 is 1.53 bits per heavy atom. The number of nitrogens with zero attached hydrogens (tertiary/aromatic N) is 3. The molecule has 1 aromatic carbocycles. The maximum absolute atomic E-state index is 8.17. The molecule has 1 aromatic rings. The summed E-state index contributed by atoms with van der Waals surface area (Å²) in [6.45, 7) is 2.94. The van der Waals surface area contributed by atoms with Gasteiger partial charge in [0.05, 0.1) is 6.61 Å². The van der Waals surface area contributed by atoms with Crippen molar-refractivity contribution in [1.82, 2.24) is 0 Å². The smallest absolute Gasteiger partial charge is 0.122 e. The first-order valence-corrected chi connectivity index (χ1v) is 5.07. The van der Waals surface area contributed by atoms with Gasteiger partial charge < -0.3 is 4.74 Å². The van der Waals surface area contributed by atoms with E-state index >= 15 is 0 Å². The van der Waals surface area contributed by atoms with Crippen molar-refractivity contribution in [3.8, 4) is 5.75 Å². The topological polar surface area (TPSA) is 58.0 Å². The van der Waals surface area contributed by atoms with Crippen LogP contribution < -0.4 is 4.74 Å². The highest BCUT2D eigenvalue weighted by Crippen LogP contribution is 2.23. The van der Waals surface area contributed by atoms with Crippen LogP contribution in [0.25, 0.3) is 10.4 Å². The molecule has 0 spiro atoms. The van der Waals surface area contributed by atoms with Gasteiger partial charge in [-0.05, 0) is 42.6 Å². The predicted octanol–water partition coefficient (Wildman–Crippen LogP) is 3.59. The molecule has 0 bridgehead atoms. The van der Waals surface area contributed by atoms with Gasteiger partial charge in [0, 0.05) is 16.5 Å². The summed E-state index contributed by atoms with van der Waals surface area (Å²) in [6, 6.07) is 5.44. The Balaban J connectivity index is 2.81. The monoisotopic (exact) mass is 225 g/mol. The molecule has 15 heavy (non-hydrogen) atoms. The van der Waals surface area contributed by atoms with Gasteiger partial charge in [-0.15, -0.1) is 0 Å². The van der Waals surface area contributed by atoms with Crippen LogP contribution in [0.2, 0.25) is 5.02 Å². The Morgan fingerprint density at radius 2 is 2.33 bits per heavy atom. The average molecular weight is 226 g/mol. The second-order valence-corrected chi connectivity index (χ2v) is 3.33. The molecule has 0 atom stereocenters. The number of azide groups is 1. The van der Waals surface area contributed by atoms with Crippen molar-refractivity contribution in [3.63, 3.8) is 0 Å². The first kappa shape index (κ1) is 11.7. The molecule has 0 fully saturated rings. The minimum Gasteiger partial charge on any atom is -0.494 e. The molecule has 0 saturated carbocycles. The maximum Gasteiger partial charge on any atom is 0.122 e. The second kappa shape index (κ2) is 6.17. The zero-order valence-electron chi connectivity index (χ0n) is 8.48. The van der Waals surface area contributed by atoms with Crippen LogP contribution in [0.1, 0.15) is 12.5 Å². The van der Waals surface area contributed by atoms with Crippen molar-refractivity contribution in [2.24, 2.45) is 5.11 Å². The summed E-state index contributed by atoms with van der Waals surface area (Å²) in [5.74, 6) is 0.801. The van der Waals surface area contributed by atoms with E-state index in [1.165, 1.54) is 0 Å². The summed E-state index contributed by atoms with van der Waals surface area (Å²) in [5, 5.41) is 4.14. The van der Waals surface area contributed by atoms with Crippen molar-refractivity contribution in [2.45, 2.75) is 13.3 Å². The number of halogens is 1. The van der Waals surface area contributed by atoms with Gasteiger partial charge in [-0.1, -0.05) is 16.7 Å². The predicted molar refractivity (Wildman–Crippen MR) is 60.3 cm³/mol. The highest BCUT2D eigenvalue weighted by molar-refractivity contribution is 6.30. The highest BCUT2D eigenvalue weighted by atomic mass is 35.5. The minimum atomic E-state index is 0.414. The molecule has 5 heteroatoms. The Labute approximate surface area is 93.4 Å². The van der Waals surface area contributed by atoms with Gasteiger partial charge in [0.15, 0.2) is 0 Å². The molecule has 1 rings (SSSR count). The Bertz CT molecular complexity index is 375. The number of hydrogen-bond acceptors (Lipinski definition) is 2. The molecule has 0 unspecified atom stereocenters. The van der Waals surface area contributed by atoms with Crippen molar-refractivity contribution >= 4 is 11.6 Å². The van der Waals surface area contributed by atoms with Gasteiger partial charge >= 0.3 is 0 Å². The molecule has 0 saturated heterocycles. The Kier molecular flexibility index (Phi) is 4.81. The quantitative estimate of drug-likeness (QED) is 0.429. The van der Waals surface area contributed by atoms with E-state index in [2.05, 4.69) is 10.0 Å². The van der Waals surface area contributed by atoms with Crippen LogP contribution in [-0.4, -0.2) is 13.2 Å². The number of hydrogen-bond donors (Lipinski definition) is 0. The van der Waals surface area contributed by atoms with Gasteiger partial charge in [-0.3, -0.25) is 0 Å². The standard InChI is InChI=1S/C10H12ClN3O/c1-2-15-10-4-3-9(11)7-8(10)5-6-13-14-12/h3-4,7H,2,5-6H2,1H3. The van der Waals surface area contributed by atoms with Gasteiger partial charge in [0.25, 0.3) is 0 Å². The lowest BCUT2D eigenvalue weighted by Gasteiger charge is -2.09. The third-order valence-corrected chi connectivity index (χ3v) is 2.10. The largest absolute Gasteiger partial charge is 0.494 e. The van der Waals surface area contributed by atoms with Crippen molar-refractivity contribution in [2.75, 3.05) is 13.2 Å². The van der Waals surface area contributed by atoms with Crippen LogP contribution in [0.15, 0.2) is 23.3 Å². The molecule has 0 aliphatic rings. The summed E-state index contributed by atoms with van der Waals surface area (Å²) < 4.78 is 5.43.